The maximum absolute atomic E-state index is 14.8. The van der Waals surface area contributed by atoms with Crippen LogP contribution in [-0.4, -0.2) is 19.3 Å². The van der Waals surface area contributed by atoms with Crippen molar-refractivity contribution in [3.8, 4) is 18.2 Å². The van der Waals surface area contributed by atoms with E-state index in [-0.39, 0.29) is 5.56 Å². The average Bonchev–Trinajstić information content (AvgIpc) is 3.21. The minimum absolute atomic E-state index is 0.276. The van der Waals surface area contributed by atoms with Gasteiger partial charge in [-0.2, -0.15) is 29.0 Å². The van der Waals surface area contributed by atoms with Crippen LogP contribution in [0.4, 0.5) is 18.9 Å². The first-order chi connectivity index (χ1) is 16.8. The van der Waals surface area contributed by atoms with Crippen LogP contribution in [0.5, 0.6) is 0 Å². The molecule has 3 rings (SSSR count). The van der Waals surface area contributed by atoms with Gasteiger partial charge in [0.2, 0.25) is 0 Å². The molecular weight excluding hydrogens is 453 g/mol. The van der Waals surface area contributed by atoms with Crippen molar-refractivity contribution in [2.45, 2.75) is 25.6 Å². The normalized spacial score (nSPS) is 17.5. The van der Waals surface area contributed by atoms with Crippen LogP contribution in [-0.2, 0) is 10.3 Å². The van der Waals surface area contributed by atoms with E-state index in [4.69, 9.17) is 4.74 Å². The lowest BCUT2D eigenvalue weighted by Crippen LogP contribution is -2.43. The fourth-order valence-electron chi connectivity index (χ4n) is 4.00. The number of nitriles is 3. The molecule has 2 aromatic carbocycles. The predicted octanol–water partition coefficient (Wildman–Crippen LogP) is 6.16. The Kier molecular flexibility index (Phi) is 7.33. The SMILES string of the molecule is CCN(CC)c1ccc(/C=C/C2=C(C#N)C(=C(C#N)C#N)OC2(c2ccccc2)C(F)(F)F)cc1. The zero-order valence-corrected chi connectivity index (χ0v) is 19.1. The van der Waals surface area contributed by atoms with Crippen LogP contribution in [0.3, 0.4) is 0 Å². The molecule has 1 aliphatic rings. The van der Waals surface area contributed by atoms with Gasteiger partial charge >= 0.3 is 6.18 Å². The maximum Gasteiger partial charge on any atom is 0.437 e. The fourth-order valence-corrected chi connectivity index (χ4v) is 4.00. The Labute approximate surface area is 201 Å². The second-order valence-electron chi connectivity index (χ2n) is 7.57. The Morgan fingerprint density at radius 2 is 1.54 bits per heavy atom. The van der Waals surface area contributed by atoms with Crippen molar-refractivity contribution in [3.05, 3.63) is 94.3 Å². The summed E-state index contributed by atoms with van der Waals surface area (Å²) < 4.78 is 49.6. The lowest BCUT2D eigenvalue weighted by atomic mass is 9.83. The lowest BCUT2D eigenvalue weighted by Gasteiger charge is -2.33. The second-order valence-corrected chi connectivity index (χ2v) is 7.57. The zero-order chi connectivity index (χ0) is 25.6. The van der Waals surface area contributed by atoms with Crippen LogP contribution in [0.1, 0.15) is 25.0 Å². The number of halogens is 3. The highest BCUT2D eigenvalue weighted by Gasteiger charge is 2.65. The van der Waals surface area contributed by atoms with Crippen molar-refractivity contribution in [2.24, 2.45) is 0 Å². The molecule has 0 radical (unpaired) electrons. The summed E-state index contributed by atoms with van der Waals surface area (Å²) in [6, 6.07) is 18.9. The summed E-state index contributed by atoms with van der Waals surface area (Å²) in [6.45, 7) is 5.66. The highest BCUT2D eigenvalue weighted by molar-refractivity contribution is 5.67. The first-order valence-electron chi connectivity index (χ1n) is 10.8. The Balaban J connectivity index is 2.24. The van der Waals surface area contributed by atoms with Gasteiger partial charge in [-0.25, -0.2) is 0 Å². The van der Waals surface area contributed by atoms with E-state index in [0.717, 1.165) is 18.8 Å². The van der Waals surface area contributed by atoms with Gasteiger partial charge in [0.15, 0.2) is 11.3 Å². The fraction of sp³-hybridized carbons (Fsp3) is 0.222. The van der Waals surface area contributed by atoms with Crippen molar-refractivity contribution in [1.82, 2.24) is 0 Å². The van der Waals surface area contributed by atoms with Crippen LogP contribution in [0.25, 0.3) is 6.08 Å². The third kappa shape index (κ3) is 4.50. The van der Waals surface area contributed by atoms with Crippen LogP contribution in [0, 0.1) is 34.0 Å². The average molecular weight is 474 g/mol. The van der Waals surface area contributed by atoms with Gasteiger partial charge in [0, 0.05) is 29.9 Å². The lowest BCUT2D eigenvalue weighted by molar-refractivity contribution is -0.249. The summed E-state index contributed by atoms with van der Waals surface area (Å²) in [5.74, 6) is -0.685. The summed E-state index contributed by atoms with van der Waals surface area (Å²) in [4.78, 5) is 2.13. The van der Waals surface area contributed by atoms with Crippen molar-refractivity contribution < 1.29 is 17.9 Å². The van der Waals surface area contributed by atoms with Gasteiger partial charge in [0.1, 0.15) is 23.8 Å². The molecule has 0 aliphatic carbocycles. The molecule has 1 unspecified atom stereocenters. The Morgan fingerprint density at radius 3 is 2.03 bits per heavy atom. The predicted molar refractivity (Wildman–Crippen MR) is 125 cm³/mol. The summed E-state index contributed by atoms with van der Waals surface area (Å²) >= 11 is 0. The summed E-state index contributed by atoms with van der Waals surface area (Å²) in [7, 11) is 0. The number of alkyl halides is 3. The molecule has 0 fully saturated rings. The summed E-state index contributed by atoms with van der Waals surface area (Å²) in [5.41, 5.74) is -3.48. The molecule has 8 heteroatoms. The first kappa shape index (κ1) is 25.1. The topological polar surface area (TPSA) is 83.8 Å². The third-order valence-corrected chi connectivity index (χ3v) is 5.74. The first-order valence-corrected chi connectivity index (χ1v) is 10.8. The molecule has 2 aromatic rings. The molecule has 35 heavy (non-hydrogen) atoms. The van der Waals surface area contributed by atoms with Gasteiger partial charge in [-0.05, 0) is 31.5 Å². The van der Waals surface area contributed by atoms with Crippen LogP contribution < -0.4 is 4.90 Å². The molecule has 5 nitrogen and oxygen atoms in total. The van der Waals surface area contributed by atoms with Crippen molar-refractivity contribution in [2.75, 3.05) is 18.0 Å². The highest BCUT2D eigenvalue weighted by atomic mass is 19.4. The van der Waals surface area contributed by atoms with E-state index in [1.54, 1.807) is 24.3 Å². The molecule has 0 spiro atoms. The molecule has 0 N–H and O–H groups in total. The van der Waals surface area contributed by atoms with Crippen LogP contribution in [0.2, 0.25) is 0 Å². The van der Waals surface area contributed by atoms with E-state index in [1.165, 1.54) is 48.6 Å². The van der Waals surface area contributed by atoms with E-state index in [9.17, 15) is 29.0 Å². The van der Waals surface area contributed by atoms with Gasteiger partial charge in [0.05, 0.1) is 0 Å². The van der Waals surface area contributed by atoms with Crippen LogP contribution in [0.15, 0.2) is 83.2 Å². The molecule has 1 heterocycles. The zero-order valence-electron chi connectivity index (χ0n) is 19.1. The molecule has 1 atom stereocenters. The molecule has 0 saturated heterocycles. The number of hydrogen-bond acceptors (Lipinski definition) is 5. The monoisotopic (exact) mass is 474 g/mol. The van der Waals surface area contributed by atoms with E-state index in [1.807, 2.05) is 26.0 Å². The second kappa shape index (κ2) is 10.2. The number of hydrogen-bond donors (Lipinski definition) is 0. The number of allylic oxidation sites excluding steroid dienone is 2. The van der Waals surface area contributed by atoms with Crippen LogP contribution >= 0.6 is 0 Å². The molecule has 0 aromatic heterocycles. The van der Waals surface area contributed by atoms with E-state index < -0.39 is 34.3 Å². The molecule has 0 saturated carbocycles. The minimum Gasteiger partial charge on any atom is -0.465 e. The Bertz CT molecular complexity index is 1280. The van der Waals surface area contributed by atoms with E-state index in [0.29, 0.717) is 5.56 Å². The number of rotatable bonds is 6. The summed E-state index contributed by atoms with van der Waals surface area (Å²) in [5, 5.41) is 28.4. The van der Waals surface area contributed by atoms with Gasteiger partial charge in [-0.3, -0.25) is 0 Å². The number of anilines is 1. The van der Waals surface area contributed by atoms with Gasteiger partial charge in [0.25, 0.3) is 5.60 Å². The van der Waals surface area contributed by atoms with Crippen molar-refractivity contribution >= 4 is 11.8 Å². The Morgan fingerprint density at radius 1 is 0.943 bits per heavy atom. The van der Waals surface area contributed by atoms with Crippen molar-refractivity contribution in [3.63, 3.8) is 0 Å². The van der Waals surface area contributed by atoms with Gasteiger partial charge in [-0.15, -0.1) is 0 Å². The number of nitrogens with zero attached hydrogens (tertiary/aromatic N) is 4. The van der Waals surface area contributed by atoms with Gasteiger partial charge < -0.3 is 9.64 Å². The highest BCUT2D eigenvalue weighted by Crippen LogP contribution is 2.55. The number of ether oxygens (including phenoxy) is 1. The van der Waals surface area contributed by atoms with Gasteiger partial charge in [-0.1, -0.05) is 54.6 Å². The smallest absolute Gasteiger partial charge is 0.437 e. The van der Waals surface area contributed by atoms with E-state index >= 15 is 0 Å². The molecule has 176 valence electrons. The standard InChI is InChI=1S/C27H21F3N4O/c1-3-34(4-2)22-13-10-19(11-14-22)12-15-24-23(18-33)25(20(16-31)17-32)35-26(24,27(28,29)30)21-8-6-5-7-9-21/h5-15H,3-4H2,1-2H3/b15-12+. The van der Waals surface area contributed by atoms with E-state index in [2.05, 4.69) is 4.90 Å². The maximum atomic E-state index is 14.8. The number of benzene rings is 2. The quantitative estimate of drug-likeness (QED) is 0.469. The molecular formula is C27H21F3N4O. The largest absolute Gasteiger partial charge is 0.465 e. The minimum atomic E-state index is -5.01. The Hall–Kier alpha value is -4.48. The van der Waals surface area contributed by atoms with Crippen molar-refractivity contribution in [1.29, 1.82) is 15.8 Å². The third-order valence-electron chi connectivity index (χ3n) is 5.74. The molecule has 0 bridgehead atoms. The molecule has 0 amide bonds. The molecule has 1 aliphatic heterocycles. The summed E-state index contributed by atoms with van der Waals surface area (Å²) in [6.07, 6.45) is -2.39.